The first-order chi connectivity index (χ1) is 6.83. The van der Waals surface area contributed by atoms with Crippen LogP contribution in [0.5, 0.6) is 0 Å². The Bertz CT molecular complexity index is 234. The standard InChI is InChI=1S/C9H15N3O2/c13-9(14-8-4-12-8)1-5(6-2-10-6)7-3-11-7/h5-8,10-12H,1-4H2. The van der Waals surface area contributed by atoms with Gasteiger partial charge in [-0.15, -0.1) is 0 Å². The van der Waals surface area contributed by atoms with Gasteiger partial charge in [0.2, 0.25) is 0 Å². The first kappa shape index (κ1) is 8.64. The quantitative estimate of drug-likeness (QED) is 0.365. The van der Waals surface area contributed by atoms with E-state index >= 15 is 0 Å². The van der Waals surface area contributed by atoms with Gasteiger partial charge in [0, 0.05) is 37.6 Å². The Morgan fingerprint density at radius 3 is 2.21 bits per heavy atom. The molecule has 0 aromatic rings. The molecular formula is C9H15N3O2. The minimum atomic E-state index is -0.0626. The highest BCUT2D eigenvalue weighted by Gasteiger charge is 2.42. The maximum Gasteiger partial charge on any atom is 0.307 e. The van der Waals surface area contributed by atoms with Gasteiger partial charge in [0.05, 0.1) is 6.42 Å². The molecule has 0 aliphatic carbocycles. The number of rotatable bonds is 5. The number of carbonyl (C=O) groups excluding carboxylic acids is 1. The summed E-state index contributed by atoms with van der Waals surface area (Å²) in [6.07, 6.45) is 0.551. The van der Waals surface area contributed by atoms with Crippen LogP contribution < -0.4 is 16.0 Å². The fourth-order valence-corrected chi connectivity index (χ4v) is 1.84. The van der Waals surface area contributed by atoms with Gasteiger partial charge in [-0.1, -0.05) is 0 Å². The second-order valence-corrected chi connectivity index (χ2v) is 4.28. The SMILES string of the molecule is O=C(CC(C1CN1)C1CN1)OC1CN1. The van der Waals surface area contributed by atoms with Gasteiger partial charge in [0.1, 0.15) is 0 Å². The average molecular weight is 197 g/mol. The number of hydrogen-bond acceptors (Lipinski definition) is 5. The van der Waals surface area contributed by atoms with Gasteiger partial charge in [0.15, 0.2) is 6.23 Å². The van der Waals surface area contributed by atoms with Crippen molar-refractivity contribution >= 4 is 5.97 Å². The van der Waals surface area contributed by atoms with Crippen molar-refractivity contribution in [3.05, 3.63) is 0 Å². The molecule has 3 atom stereocenters. The maximum atomic E-state index is 11.5. The van der Waals surface area contributed by atoms with Crippen LogP contribution in [0.1, 0.15) is 6.42 Å². The summed E-state index contributed by atoms with van der Waals surface area (Å²) in [5.41, 5.74) is 0. The number of esters is 1. The molecule has 3 N–H and O–H groups in total. The van der Waals surface area contributed by atoms with E-state index in [4.69, 9.17) is 4.74 Å². The molecule has 3 aliphatic heterocycles. The lowest BCUT2D eigenvalue weighted by molar-refractivity contribution is -0.146. The van der Waals surface area contributed by atoms with E-state index in [-0.39, 0.29) is 12.2 Å². The molecule has 3 fully saturated rings. The topological polar surface area (TPSA) is 92.1 Å². The molecule has 0 saturated carbocycles. The van der Waals surface area contributed by atoms with Crippen molar-refractivity contribution in [2.75, 3.05) is 19.6 Å². The Kier molecular flexibility index (Phi) is 1.97. The van der Waals surface area contributed by atoms with E-state index in [0.29, 0.717) is 24.4 Å². The molecule has 3 unspecified atom stereocenters. The van der Waals surface area contributed by atoms with E-state index in [9.17, 15) is 4.79 Å². The fourth-order valence-electron chi connectivity index (χ4n) is 1.84. The van der Waals surface area contributed by atoms with E-state index in [0.717, 1.165) is 19.6 Å². The lowest BCUT2D eigenvalue weighted by atomic mass is 9.97. The summed E-state index contributed by atoms with van der Waals surface area (Å²) < 4.78 is 5.14. The molecule has 3 heterocycles. The molecule has 5 heteroatoms. The number of hydrogen-bond donors (Lipinski definition) is 3. The van der Waals surface area contributed by atoms with Crippen molar-refractivity contribution in [2.45, 2.75) is 24.7 Å². The van der Waals surface area contributed by atoms with Crippen LogP contribution in [0, 0.1) is 5.92 Å². The predicted octanol–water partition coefficient (Wildman–Crippen LogP) is -1.59. The molecule has 0 bridgehead atoms. The van der Waals surface area contributed by atoms with Gasteiger partial charge in [-0.2, -0.15) is 0 Å². The third-order valence-corrected chi connectivity index (χ3v) is 2.96. The van der Waals surface area contributed by atoms with Gasteiger partial charge in [-0.25, -0.2) is 0 Å². The normalized spacial score (nSPS) is 40.1. The first-order valence-corrected chi connectivity index (χ1v) is 5.22. The smallest absolute Gasteiger partial charge is 0.307 e. The zero-order valence-corrected chi connectivity index (χ0v) is 7.95. The summed E-state index contributed by atoms with van der Waals surface area (Å²) in [6, 6.07) is 1.07. The summed E-state index contributed by atoms with van der Waals surface area (Å²) >= 11 is 0. The monoisotopic (exact) mass is 197 g/mol. The summed E-state index contributed by atoms with van der Waals surface area (Å²) in [4.78, 5) is 11.5. The summed E-state index contributed by atoms with van der Waals surface area (Å²) in [5, 5.41) is 9.49. The van der Waals surface area contributed by atoms with Gasteiger partial charge < -0.3 is 15.4 Å². The molecule has 0 aromatic heterocycles. The van der Waals surface area contributed by atoms with Crippen LogP contribution in [-0.2, 0) is 9.53 Å². The molecule has 0 amide bonds. The molecular weight excluding hydrogens is 182 g/mol. The van der Waals surface area contributed by atoms with Crippen LogP contribution >= 0.6 is 0 Å². The zero-order chi connectivity index (χ0) is 9.54. The molecule has 3 saturated heterocycles. The summed E-state index contributed by atoms with van der Waals surface area (Å²) in [6.45, 7) is 2.93. The van der Waals surface area contributed by atoms with Crippen molar-refractivity contribution in [3.8, 4) is 0 Å². The Morgan fingerprint density at radius 2 is 1.79 bits per heavy atom. The number of carbonyl (C=O) groups is 1. The van der Waals surface area contributed by atoms with Gasteiger partial charge in [0.25, 0.3) is 0 Å². The zero-order valence-electron chi connectivity index (χ0n) is 7.95. The molecule has 14 heavy (non-hydrogen) atoms. The van der Waals surface area contributed by atoms with Gasteiger partial charge >= 0.3 is 5.97 Å². The van der Waals surface area contributed by atoms with E-state index in [2.05, 4.69) is 16.0 Å². The average Bonchev–Trinajstić information content (AvgIpc) is 2.95. The van der Waals surface area contributed by atoms with E-state index in [1.807, 2.05) is 0 Å². The molecule has 0 spiro atoms. The minimum Gasteiger partial charge on any atom is -0.445 e. The Morgan fingerprint density at radius 1 is 1.21 bits per heavy atom. The minimum absolute atomic E-state index is 0.00229. The van der Waals surface area contributed by atoms with Gasteiger partial charge in [-0.3, -0.25) is 10.1 Å². The van der Waals surface area contributed by atoms with Crippen molar-refractivity contribution in [2.24, 2.45) is 5.92 Å². The van der Waals surface area contributed by atoms with E-state index in [1.54, 1.807) is 0 Å². The molecule has 3 aliphatic rings. The third kappa shape index (κ3) is 2.05. The Balaban J connectivity index is 1.49. The Labute approximate surface area is 82.6 Å². The molecule has 0 radical (unpaired) electrons. The maximum absolute atomic E-state index is 11.5. The summed E-state index contributed by atoms with van der Waals surface area (Å²) in [7, 11) is 0. The van der Waals surface area contributed by atoms with Crippen molar-refractivity contribution in [1.82, 2.24) is 16.0 Å². The second-order valence-electron chi connectivity index (χ2n) is 4.28. The van der Waals surface area contributed by atoms with Crippen LogP contribution in [0.3, 0.4) is 0 Å². The highest BCUT2D eigenvalue weighted by atomic mass is 16.6. The van der Waals surface area contributed by atoms with Crippen LogP contribution in [0.2, 0.25) is 0 Å². The Hall–Kier alpha value is -0.650. The predicted molar refractivity (Wildman–Crippen MR) is 49.6 cm³/mol. The molecule has 5 nitrogen and oxygen atoms in total. The number of ether oxygens (including phenoxy) is 1. The molecule has 78 valence electrons. The van der Waals surface area contributed by atoms with Crippen LogP contribution in [0.25, 0.3) is 0 Å². The van der Waals surface area contributed by atoms with Crippen molar-refractivity contribution in [1.29, 1.82) is 0 Å². The van der Waals surface area contributed by atoms with Crippen LogP contribution in [0.4, 0.5) is 0 Å². The van der Waals surface area contributed by atoms with E-state index < -0.39 is 0 Å². The lowest BCUT2D eigenvalue weighted by Gasteiger charge is -2.11. The molecule has 3 rings (SSSR count). The van der Waals surface area contributed by atoms with Crippen LogP contribution in [-0.4, -0.2) is 43.9 Å². The highest BCUT2D eigenvalue weighted by Crippen LogP contribution is 2.25. The third-order valence-electron chi connectivity index (χ3n) is 2.96. The van der Waals surface area contributed by atoms with Gasteiger partial charge in [-0.05, 0) is 0 Å². The molecule has 0 aromatic carbocycles. The highest BCUT2D eigenvalue weighted by molar-refractivity contribution is 5.70. The largest absolute Gasteiger partial charge is 0.445 e. The lowest BCUT2D eigenvalue weighted by Crippen LogP contribution is -2.24. The first-order valence-electron chi connectivity index (χ1n) is 5.22. The van der Waals surface area contributed by atoms with Crippen LogP contribution in [0.15, 0.2) is 0 Å². The second kappa shape index (κ2) is 3.18. The fraction of sp³-hybridized carbons (Fsp3) is 0.889. The van der Waals surface area contributed by atoms with Crippen molar-refractivity contribution < 1.29 is 9.53 Å². The van der Waals surface area contributed by atoms with Crippen molar-refractivity contribution in [3.63, 3.8) is 0 Å². The summed E-state index contributed by atoms with van der Waals surface area (Å²) in [5.74, 6) is 0.369. The number of nitrogens with one attached hydrogen (secondary N) is 3. The van der Waals surface area contributed by atoms with E-state index in [1.165, 1.54) is 0 Å².